The summed E-state index contributed by atoms with van der Waals surface area (Å²) in [6.07, 6.45) is 1.12. The Morgan fingerprint density at radius 1 is 1.44 bits per heavy atom. The standard InChI is InChI=1S/C9H12N2O3S2/c1-14-7-3-6(11-9(10)15)4-8(5-7)16(2,12)13/h3-5H,1-2H3,(H3,10,11,15). The molecular formula is C9H12N2O3S2. The molecule has 0 radical (unpaired) electrons. The fourth-order valence-corrected chi connectivity index (χ4v) is 1.91. The van der Waals surface area contributed by atoms with E-state index in [0.29, 0.717) is 11.4 Å². The highest BCUT2D eigenvalue weighted by Crippen LogP contribution is 2.23. The summed E-state index contributed by atoms with van der Waals surface area (Å²) >= 11 is 4.67. The Morgan fingerprint density at radius 2 is 2.06 bits per heavy atom. The number of hydrogen-bond acceptors (Lipinski definition) is 4. The van der Waals surface area contributed by atoms with Crippen molar-refractivity contribution in [2.75, 3.05) is 18.7 Å². The van der Waals surface area contributed by atoms with Crippen LogP contribution in [0.2, 0.25) is 0 Å². The number of nitrogens with one attached hydrogen (secondary N) is 1. The van der Waals surface area contributed by atoms with E-state index < -0.39 is 9.84 Å². The van der Waals surface area contributed by atoms with E-state index in [1.54, 1.807) is 6.07 Å². The average molecular weight is 260 g/mol. The van der Waals surface area contributed by atoms with E-state index in [9.17, 15) is 8.42 Å². The van der Waals surface area contributed by atoms with Crippen molar-refractivity contribution in [1.82, 2.24) is 0 Å². The summed E-state index contributed by atoms with van der Waals surface area (Å²) in [5.41, 5.74) is 5.78. The van der Waals surface area contributed by atoms with Gasteiger partial charge in [-0.1, -0.05) is 0 Å². The van der Waals surface area contributed by atoms with Crippen molar-refractivity contribution in [1.29, 1.82) is 0 Å². The maximum absolute atomic E-state index is 11.4. The second-order valence-electron chi connectivity index (χ2n) is 3.16. The first-order valence-corrected chi connectivity index (χ1v) is 6.58. The second-order valence-corrected chi connectivity index (χ2v) is 5.61. The van der Waals surface area contributed by atoms with Gasteiger partial charge in [-0.3, -0.25) is 0 Å². The van der Waals surface area contributed by atoms with Crippen LogP contribution in [0.5, 0.6) is 5.75 Å². The number of benzene rings is 1. The average Bonchev–Trinajstić information content (AvgIpc) is 2.14. The summed E-state index contributed by atoms with van der Waals surface area (Å²) in [6.45, 7) is 0. The van der Waals surface area contributed by atoms with Gasteiger partial charge in [0, 0.05) is 18.0 Å². The van der Waals surface area contributed by atoms with E-state index in [2.05, 4.69) is 17.5 Å². The molecule has 0 unspecified atom stereocenters. The van der Waals surface area contributed by atoms with E-state index in [-0.39, 0.29) is 10.0 Å². The van der Waals surface area contributed by atoms with Crippen molar-refractivity contribution in [3.05, 3.63) is 18.2 Å². The van der Waals surface area contributed by atoms with Gasteiger partial charge in [0.15, 0.2) is 14.9 Å². The van der Waals surface area contributed by atoms with E-state index in [1.807, 2.05) is 0 Å². The topological polar surface area (TPSA) is 81.4 Å². The number of thiocarbonyl (C=S) groups is 1. The Bertz CT molecular complexity index is 511. The number of anilines is 1. The van der Waals surface area contributed by atoms with Crippen LogP contribution in [0.4, 0.5) is 5.69 Å². The van der Waals surface area contributed by atoms with Gasteiger partial charge in [-0.25, -0.2) is 8.42 Å². The molecule has 88 valence electrons. The van der Waals surface area contributed by atoms with E-state index in [4.69, 9.17) is 10.5 Å². The van der Waals surface area contributed by atoms with Crippen LogP contribution in [-0.2, 0) is 9.84 Å². The Morgan fingerprint density at radius 3 is 2.50 bits per heavy atom. The Hall–Kier alpha value is -1.34. The zero-order chi connectivity index (χ0) is 12.3. The molecule has 0 saturated carbocycles. The molecule has 0 aromatic heterocycles. The fourth-order valence-electron chi connectivity index (χ4n) is 1.12. The first-order valence-electron chi connectivity index (χ1n) is 4.28. The second kappa shape index (κ2) is 4.67. The van der Waals surface area contributed by atoms with E-state index in [1.165, 1.54) is 19.2 Å². The maximum atomic E-state index is 11.4. The predicted octanol–water partition coefficient (Wildman–Crippen LogP) is 0.754. The molecule has 1 aromatic rings. The number of ether oxygens (including phenoxy) is 1. The number of rotatable bonds is 3. The smallest absolute Gasteiger partial charge is 0.175 e. The number of sulfone groups is 1. The summed E-state index contributed by atoms with van der Waals surface area (Å²) < 4.78 is 27.8. The predicted molar refractivity (Wildman–Crippen MR) is 66.5 cm³/mol. The highest BCUT2D eigenvalue weighted by molar-refractivity contribution is 7.90. The third-order valence-electron chi connectivity index (χ3n) is 1.81. The minimum absolute atomic E-state index is 0.0627. The first kappa shape index (κ1) is 12.7. The largest absolute Gasteiger partial charge is 0.497 e. The summed E-state index contributed by atoms with van der Waals surface area (Å²) in [7, 11) is -1.85. The number of hydrogen-bond donors (Lipinski definition) is 2. The van der Waals surface area contributed by atoms with Crippen molar-refractivity contribution in [2.45, 2.75) is 4.90 Å². The molecule has 7 heteroatoms. The molecular weight excluding hydrogens is 248 g/mol. The Kier molecular flexibility index (Phi) is 3.71. The van der Waals surface area contributed by atoms with Gasteiger partial charge in [0.25, 0.3) is 0 Å². The SMILES string of the molecule is COc1cc(NC(N)=S)cc(S(C)(=O)=O)c1. The first-order chi connectivity index (χ1) is 7.32. The highest BCUT2D eigenvalue weighted by Gasteiger charge is 2.10. The lowest BCUT2D eigenvalue weighted by Gasteiger charge is -2.09. The lowest BCUT2D eigenvalue weighted by molar-refractivity contribution is 0.413. The summed E-state index contributed by atoms with van der Waals surface area (Å²) in [6, 6.07) is 4.48. The molecule has 0 amide bonds. The monoisotopic (exact) mass is 260 g/mol. The van der Waals surface area contributed by atoms with Crippen LogP contribution in [0.15, 0.2) is 23.1 Å². The molecule has 0 aliphatic heterocycles. The van der Waals surface area contributed by atoms with Gasteiger partial charge in [-0.15, -0.1) is 0 Å². The quantitative estimate of drug-likeness (QED) is 0.781. The minimum Gasteiger partial charge on any atom is -0.497 e. The zero-order valence-electron chi connectivity index (χ0n) is 8.85. The van der Waals surface area contributed by atoms with Crippen molar-refractivity contribution in [3.63, 3.8) is 0 Å². The van der Waals surface area contributed by atoms with Gasteiger partial charge >= 0.3 is 0 Å². The van der Waals surface area contributed by atoms with Gasteiger partial charge in [0.2, 0.25) is 0 Å². The molecule has 0 heterocycles. The molecule has 5 nitrogen and oxygen atoms in total. The summed E-state index contributed by atoms with van der Waals surface area (Å²) in [5, 5.41) is 2.72. The molecule has 0 aliphatic carbocycles. The molecule has 0 saturated heterocycles. The van der Waals surface area contributed by atoms with Crippen LogP contribution < -0.4 is 15.8 Å². The van der Waals surface area contributed by atoms with Gasteiger partial charge < -0.3 is 15.8 Å². The summed E-state index contributed by atoms with van der Waals surface area (Å²) in [4.78, 5) is 0.144. The number of nitrogens with two attached hydrogens (primary N) is 1. The third kappa shape index (κ3) is 3.35. The molecule has 16 heavy (non-hydrogen) atoms. The molecule has 1 aromatic carbocycles. The van der Waals surface area contributed by atoms with E-state index in [0.717, 1.165) is 6.26 Å². The van der Waals surface area contributed by atoms with Crippen molar-refractivity contribution < 1.29 is 13.2 Å². The number of methoxy groups -OCH3 is 1. The summed E-state index contributed by atoms with van der Waals surface area (Å²) in [5.74, 6) is 0.418. The Labute approximate surface area is 99.5 Å². The van der Waals surface area contributed by atoms with Crippen LogP contribution in [0.1, 0.15) is 0 Å². The van der Waals surface area contributed by atoms with Crippen LogP contribution in [0.3, 0.4) is 0 Å². The van der Waals surface area contributed by atoms with Crippen LogP contribution >= 0.6 is 12.2 Å². The lowest BCUT2D eigenvalue weighted by Crippen LogP contribution is -2.19. The van der Waals surface area contributed by atoms with Gasteiger partial charge in [-0.05, 0) is 24.4 Å². The maximum Gasteiger partial charge on any atom is 0.175 e. The van der Waals surface area contributed by atoms with Crippen molar-refractivity contribution >= 4 is 32.9 Å². The van der Waals surface area contributed by atoms with Crippen LogP contribution in [0.25, 0.3) is 0 Å². The fraction of sp³-hybridized carbons (Fsp3) is 0.222. The lowest BCUT2D eigenvalue weighted by atomic mass is 10.3. The molecule has 0 aliphatic rings. The van der Waals surface area contributed by atoms with Gasteiger partial charge in [0.05, 0.1) is 12.0 Å². The van der Waals surface area contributed by atoms with Crippen molar-refractivity contribution in [3.8, 4) is 5.75 Å². The molecule has 0 spiro atoms. The van der Waals surface area contributed by atoms with Crippen molar-refractivity contribution in [2.24, 2.45) is 5.73 Å². The van der Waals surface area contributed by atoms with E-state index >= 15 is 0 Å². The molecule has 1 rings (SSSR count). The molecule has 0 bridgehead atoms. The third-order valence-corrected chi connectivity index (χ3v) is 3.01. The highest BCUT2D eigenvalue weighted by atomic mass is 32.2. The molecule has 0 fully saturated rings. The van der Waals surface area contributed by atoms with Gasteiger partial charge in [0.1, 0.15) is 5.75 Å². The molecule has 0 atom stereocenters. The van der Waals surface area contributed by atoms with Crippen LogP contribution in [0, 0.1) is 0 Å². The normalized spacial score (nSPS) is 10.9. The minimum atomic E-state index is -3.30. The van der Waals surface area contributed by atoms with Gasteiger partial charge in [-0.2, -0.15) is 0 Å². The Balaban J connectivity index is 3.26. The zero-order valence-corrected chi connectivity index (χ0v) is 10.5. The van der Waals surface area contributed by atoms with Crippen LogP contribution in [-0.4, -0.2) is 26.9 Å². The molecule has 3 N–H and O–H groups in total.